The number of benzene rings is 2. The molecule has 0 fully saturated rings. The molecule has 0 atom stereocenters. The lowest BCUT2D eigenvalue weighted by molar-refractivity contribution is 1.44. The van der Waals surface area contributed by atoms with Gasteiger partial charge in [0.25, 0.3) is 0 Å². The van der Waals surface area contributed by atoms with Gasteiger partial charge in [-0.1, -0.05) is 42.0 Å². The van der Waals surface area contributed by atoms with Gasteiger partial charge < -0.3 is 5.32 Å². The highest BCUT2D eigenvalue weighted by Crippen LogP contribution is 2.22. The molecule has 20 heavy (non-hydrogen) atoms. The number of hydrogen-bond donors (Lipinski definition) is 1. The predicted octanol–water partition coefficient (Wildman–Crippen LogP) is 4.00. The quantitative estimate of drug-likeness (QED) is 0.847. The molecule has 0 saturated carbocycles. The topological polar surface area (TPSA) is 59.6 Å². The van der Waals surface area contributed by atoms with Crippen LogP contribution in [-0.4, -0.2) is 0 Å². The summed E-state index contributed by atoms with van der Waals surface area (Å²) in [6.45, 7) is 2.07. The van der Waals surface area contributed by atoms with E-state index in [1.807, 2.05) is 30.3 Å². The molecule has 0 aliphatic heterocycles. The monoisotopic (exact) mass is 259 g/mol. The van der Waals surface area contributed by atoms with E-state index >= 15 is 0 Å². The third-order valence-corrected chi connectivity index (χ3v) is 2.86. The van der Waals surface area contributed by atoms with Crippen LogP contribution >= 0.6 is 0 Å². The zero-order chi connectivity index (χ0) is 14.4. The summed E-state index contributed by atoms with van der Waals surface area (Å²) in [7, 11) is 0. The third-order valence-electron chi connectivity index (χ3n) is 2.86. The van der Waals surface area contributed by atoms with Crippen LogP contribution in [0.1, 0.15) is 5.56 Å². The van der Waals surface area contributed by atoms with Gasteiger partial charge in [-0.25, -0.2) is 0 Å². The smallest absolute Gasteiger partial charge is 0.145 e. The van der Waals surface area contributed by atoms with Gasteiger partial charge in [-0.2, -0.15) is 10.5 Å². The molecule has 3 nitrogen and oxygen atoms in total. The maximum Gasteiger partial charge on any atom is 0.145 e. The molecule has 0 aromatic heterocycles. The first-order chi connectivity index (χ1) is 9.72. The molecular weight excluding hydrogens is 246 g/mol. The molecule has 0 aliphatic carbocycles. The fraction of sp³-hybridized carbons (Fsp3) is 0.0588. The van der Waals surface area contributed by atoms with Crippen molar-refractivity contribution >= 4 is 5.69 Å². The van der Waals surface area contributed by atoms with E-state index < -0.39 is 0 Å². The van der Waals surface area contributed by atoms with Crippen LogP contribution in [0.25, 0.3) is 11.1 Å². The van der Waals surface area contributed by atoms with Crippen LogP contribution in [0.2, 0.25) is 0 Å². The molecule has 0 unspecified atom stereocenters. The van der Waals surface area contributed by atoms with E-state index in [-0.39, 0.29) is 5.57 Å². The average molecular weight is 259 g/mol. The minimum Gasteiger partial charge on any atom is -0.360 e. The van der Waals surface area contributed by atoms with Gasteiger partial charge in [-0.15, -0.1) is 0 Å². The maximum atomic E-state index is 8.64. The second kappa shape index (κ2) is 6.22. The average Bonchev–Trinajstić information content (AvgIpc) is 2.49. The second-order valence-electron chi connectivity index (χ2n) is 4.37. The molecule has 2 aromatic rings. The third kappa shape index (κ3) is 3.25. The lowest BCUT2D eigenvalue weighted by atomic mass is 10.0. The first-order valence-corrected chi connectivity index (χ1v) is 6.17. The number of rotatable bonds is 3. The summed E-state index contributed by atoms with van der Waals surface area (Å²) in [4.78, 5) is 0. The van der Waals surface area contributed by atoms with Crippen molar-refractivity contribution in [2.75, 3.05) is 5.32 Å². The summed E-state index contributed by atoms with van der Waals surface area (Å²) in [5, 5.41) is 20.2. The first-order valence-electron chi connectivity index (χ1n) is 6.17. The maximum absolute atomic E-state index is 8.64. The zero-order valence-corrected chi connectivity index (χ0v) is 11.1. The Bertz CT molecular complexity index is 697. The molecule has 0 heterocycles. The van der Waals surface area contributed by atoms with Gasteiger partial charge in [0.2, 0.25) is 0 Å². The summed E-state index contributed by atoms with van der Waals surface area (Å²) in [5.41, 5.74) is 4.41. The van der Waals surface area contributed by atoms with Crippen molar-refractivity contribution < 1.29 is 0 Å². The van der Waals surface area contributed by atoms with Gasteiger partial charge in [-0.3, -0.25) is 0 Å². The second-order valence-corrected chi connectivity index (χ2v) is 4.37. The number of allylic oxidation sites excluding steroid dienone is 1. The van der Waals surface area contributed by atoms with Crippen molar-refractivity contribution in [3.8, 4) is 23.3 Å². The van der Waals surface area contributed by atoms with Crippen molar-refractivity contribution in [1.82, 2.24) is 0 Å². The molecule has 0 radical (unpaired) electrons. The van der Waals surface area contributed by atoms with Gasteiger partial charge in [0, 0.05) is 11.9 Å². The highest BCUT2D eigenvalue weighted by atomic mass is 14.8. The molecule has 3 heteroatoms. The lowest BCUT2D eigenvalue weighted by Gasteiger charge is -2.05. The number of nitriles is 2. The standard InChI is InChI=1S/C17H13N3/c1-13-3-2-4-16(9-13)15-5-7-17(8-6-15)20-12-14(10-18)11-19/h2-9,12,20H,1H3. The van der Waals surface area contributed by atoms with Crippen LogP contribution in [0, 0.1) is 29.6 Å². The van der Waals surface area contributed by atoms with Gasteiger partial charge in [0.05, 0.1) is 0 Å². The Kier molecular flexibility index (Phi) is 4.17. The van der Waals surface area contributed by atoms with Gasteiger partial charge in [-0.05, 0) is 30.2 Å². The van der Waals surface area contributed by atoms with E-state index in [4.69, 9.17) is 10.5 Å². The van der Waals surface area contributed by atoms with Crippen molar-refractivity contribution in [3.05, 3.63) is 65.9 Å². The Morgan fingerprint density at radius 3 is 2.30 bits per heavy atom. The van der Waals surface area contributed by atoms with E-state index in [1.54, 1.807) is 12.1 Å². The largest absolute Gasteiger partial charge is 0.360 e. The van der Waals surface area contributed by atoms with Crippen LogP contribution in [0.15, 0.2) is 60.3 Å². The molecule has 0 saturated heterocycles. The molecule has 1 N–H and O–H groups in total. The molecule has 96 valence electrons. The Hall–Kier alpha value is -3.04. The van der Waals surface area contributed by atoms with Crippen molar-refractivity contribution in [2.45, 2.75) is 6.92 Å². The molecule has 0 aliphatic rings. The molecule has 0 spiro atoms. The molecule has 2 aromatic carbocycles. The summed E-state index contributed by atoms with van der Waals surface area (Å²) >= 11 is 0. The normalized spacial score (nSPS) is 9.15. The Balaban J connectivity index is 2.17. The zero-order valence-electron chi connectivity index (χ0n) is 11.1. The van der Waals surface area contributed by atoms with E-state index in [9.17, 15) is 0 Å². The Labute approximate surface area is 118 Å². The van der Waals surface area contributed by atoms with E-state index in [0.29, 0.717) is 0 Å². The fourth-order valence-electron chi connectivity index (χ4n) is 1.83. The summed E-state index contributed by atoms with van der Waals surface area (Å²) < 4.78 is 0. The van der Waals surface area contributed by atoms with Gasteiger partial charge in [0.15, 0.2) is 0 Å². The lowest BCUT2D eigenvalue weighted by Crippen LogP contribution is -1.89. The molecular formula is C17H13N3. The summed E-state index contributed by atoms with van der Waals surface area (Å²) in [6, 6.07) is 19.7. The molecule has 2 rings (SSSR count). The number of nitrogens with zero attached hydrogens (tertiary/aromatic N) is 2. The first kappa shape index (κ1) is 13.4. The minimum absolute atomic E-state index is 0.0489. The minimum atomic E-state index is 0.0489. The predicted molar refractivity (Wildman–Crippen MR) is 79.5 cm³/mol. The van der Waals surface area contributed by atoms with Crippen LogP contribution in [0.5, 0.6) is 0 Å². The number of hydrogen-bond acceptors (Lipinski definition) is 3. The Morgan fingerprint density at radius 2 is 1.70 bits per heavy atom. The highest BCUT2D eigenvalue weighted by Gasteiger charge is 1.98. The van der Waals surface area contributed by atoms with Gasteiger partial charge >= 0.3 is 0 Å². The molecule has 0 amide bonds. The number of aryl methyl sites for hydroxylation is 1. The van der Waals surface area contributed by atoms with Crippen LogP contribution in [0.3, 0.4) is 0 Å². The Morgan fingerprint density at radius 1 is 1.00 bits per heavy atom. The van der Waals surface area contributed by atoms with E-state index in [1.165, 1.54) is 17.3 Å². The summed E-state index contributed by atoms with van der Waals surface area (Å²) in [6.07, 6.45) is 1.40. The van der Waals surface area contributed by atoms with Crippen LogP contribution < -0.4 is 5.32 Å². The molecule has 0 bridgehead atoms. The number of nitrogens with one attached hydrogen (secondary N) is 1. The van der Waals surface area contributed by atoms with E-state index in [2.05, 4.69) is 30.4 Å². The number of anilines is 1. The summed E-state index contributed by atoms with van der Waals surface area (Å²) in [5.74, 6) is 0. The van der Waals surface area contributed by atoms with Crippen molar-refractivity contribution in [2.24, 2.45) is 0 Å². The van der Waals surface area contributed by atoms with E-state index in [0.717, 1.165) is 11.3 Å². The van der Waals surface area contributed by atoms with Crippen LogP contribution in [-0.2, 0) is 0 Å². The highest BCUT2D eigenvalue weighted by molar-refractivity contribution is 5.67. The fourth-order valence-corrected chi connectivity index (χ4v) is 1.83. The van der Waals surface area contributed by atoms with Crippen LogP contribution in [0.4, 0.5) is 5.69 Å². The van der Waals surface area contributed by atoms with Gasteiger partial charge in [0.1, 0.15) is 17.7 Å². The van der Waals surface area contributed by atoms with Crippen molar-refractivity contribution in [3.63, 3.8) is 0 Å². The van der Waals surface area contributed by atoms with Crippen molar-refractivity contribution in [1.29, 1.82) is 10.5 Å². The SMILES string of the molecule is Cc1cccc(-c2ccc(NC=C(C#N)C#N)cc2)c1.